The Kier molecular flexibility index (Phi) is 4.45. The molecule has 0 radical (unpaired) electrons. The van der Waals surface area contributed by atoms with Gasteiger partial charge < -0.3 is 15.7 Å². The summed E-state index contributed by atoms with van der Waals surface area (Å²) in [5, 5.41) is 10.9. The van der Waals surface area contributed by atoms with Gasteiger partial charge in [-0.2, -0.15) is 0 Å². The summed E-state index contributed by atoms with van der Waals surface area (Å²) in [6, 6.07) is 6.66. The van der Waals surface area contributed by atoms with Crippen LogP contribution in [0.25, 0.3) is 0 Å². The first-order chi connectivity index (χ1) is 11.9. The molecule has 130 valence electrons. The first-order valence-electron chi connectivity index (χ1n) is 7.65. The lowest BCUT2D eigenvalue weighted by atomic mass is 10.1. The summed E-state index contributed by atoms with van der Waals surface area (Å²) >= 11 is 1.13. The second-order valence-corrected chi connectivity index (χ2v) is 6.68. The van der Waals surface area contributed by atoms with E-state index in [2.05, 4.69) is 0 Å². The van der Waals surface area contributed by atoms with Crippen LogP contribution in [0.3, 0.4) is 0 Å². The molecule has 8 heteroatoms. The van der Waals surface area contributed by atoms with Gasteiger partial charge in [-0.25, -0.2) is 9.59 Å². The molecule has 0 bridgehead atoms. The molecule has 1 aliphatic rings. The van der Waals surface area contributed by atoms with Crippen LogP contribution < -0.4 is 10.6 Å². The first kappa shape index (κ1) is 17.0. The average Bonchev–Trinajstić information content (AvgIpc) is 3.11. The van der Waals surface area contributed by atoms with Gasteiger partial charge >= 0.3 is 12.0 Å². The number of aromatic carboxylic acids is 1. The number of nitrogens with zero attached hydrogens (tertiary/aromatic N) is 2. The maximum Gasteiger partial charge on any atom is 0.346 e. The molecule has 0 aliphatic carbocycles. The van der Waals surface area contributed by atoms with E-state index in [1.54, 1.807) is 46.4 Å². The standard InChI is InChI=1S/C17H17N3O4S/c1-10-13(9-25-14(10)16(22)23)20-7-6-19(17(20)24)8-11-2-4-12(5-3-11)15(18)21/h2-5,9H,6-8H2,1H3,(H2,18,21)(H,22,23). The van der Waals surface area contributed by atoms with Crippen LogP contribution in [0, 0.1) is 6.92 Å². The topological polar surface area (TPSA) is 104 Å². The fourth-order valence-corrected chi connectivity index (χ4v) is 3.75. The number of nitrogens with two attached hydrogens (primary N) is 1. The summed E-state index contributed by atoms with van der Waals surface area (Å²) in [6.07, 6.45) is 0. The van der Waals surface area contributed by atoms with E-state index in [4.69, 9.17) is 10.8 Å². The fourth-order valence-electron chi connectivity index (χ4n) is 2.83. The highest BCUT2D eigenvalue weighted by atomic mass is 32.1. The molecule has 0 unspecified atom stereocenters. The van der Waals surface area contributed by atoms with E-state index < -0.39 is 11.9 Å². The summed E-state index contributed by atoms with van der Waals surface area (Å²) in [5.74, 6) is -1.47. The Morgan fingerprint density at radius 3 is 2.48 bits per heavy atom. The molecule has 25 heavy (non-hydrogen) atoms. The third-order valence-corrected chi connectivity index (χ3v) is 5.26. The molecular formula is C17H17N3O4S. The number of carbonyl (C=O) groups is 3. The molecule has 3 rings (SSSR count). The predicted octanol–water partition coefficient (Wildman–Crippen LogP) is 2.30. The van der Waals surface area contributed by atoms with Gasteiger partial charge in [0.1, 0.15) is 4.88 Å². The van der Waals surface area contributed by atoms with Crippen molar-refractivity contribution in [2.75, 3.05) is 18.0 Å². The Balaban J connectivity index is 1.73. The van der Waals surface area contributed by atoms with E-state index in [0.29, 0.717) is 36.4 Å². The monoisotopic (exact) mass is 359 g/mol. The fraction of sp³-hybridized carbons (Fsp3) is 0.235. The molecule has 2 heterocycles. The van der Waals surface area contributed by atoms with Crippen molar-refractivity contribution in [1.29, 1.82) is 0 Å². The average molecular weight is 359 g/mol. The van der Waals surface area contributed by atoms with E-state index in [0.717, 1.165) is 16.9 Å². The number of anilines is 1. The molecule has 3 N–H and O–H groups in total. The van der Waals surface area contributed by atoms with E-state index in [-0.39, 0.29) is 10.9 Å². The Bertz CT molecular complexity index is 844. The number of urea groups is 1. The zero-order valence-corrected chi connectivity index (χ0v) is 14.4. The van der Waals surface area contributed by atoms with Gasteiger partial charge in [0.2, 0.25) is 5.91 Å². The molecule has 0 spiro atoms. The normalized spacial score (nSPS) is 14.2. The van der Waals surface area contributed by atoms with E-state index in [1.165, 1.54) is 0 Å². The number of carboxylic acids is 1. The van der Waals surface area contributed by atoms with E-state index in [1.807, 2.05) is 0 Å². The third kappa shape index (κ3) is 3.20. The first-order valence-corrected chi connectivity index (χ1v) is 8.53. The number of carboxylic acid groups (broad SMARTS) is 1. The molecule has 3 amide bonds. The van der Waals surface area contributed by atoms with Gasteiger partial charge in [-0.05, 0) is 30.2 Å². The highest BCUT2D eigenvalue weighted by Crippen LogP contribution is 2.32. The molecule has 1 aliphatic heterocycles. The van der Waals surface area contributed by atoms with Crippen LogP contribution in [0.1, 0.15) is 31.2 Å². The quantitative estimate of drug-likeness (QED) is 0.854. The molecule has 2 aromatic rings. The number of primary amides is 1. The lowest BCUT2D eigenvalue weighted by molar-refractivity contribution is 0.0701. The predicted molar refractivity (Wildman–Crippen MR) is 94.1 cm³/mol. The molecule has 1 fully saturated rings. The zero-order valence-electron chi connectivity index (χ0n) is 13.6. The number of amides is 3. The van der Waals surface area contributed by atoms with Crippen molar-refractivity contribution in [3.05, 3.63) is 51.2 Å². The summed E-state index contributed by atoms with van der Waals surface area (Å²) in [5.41, 5.74) is 7.80. The van der Waals surface area contributed by atoms with Crippen molar-refractivity contribution >= 4 is 34.9 Å². The van der Waals surface area contributed by atoms with Crippen LogP contribution in [-0.2, 0) is 6.54 Å². The maximum atomic E-state index is 12.7. The highest BCUT2D eigenvalue weighted by molar-refractivity contribution is 7.12. The summed E-state index contributed by atoms with van der Waals surface area (Å²) in [4.78, 5) is 38.5. The van der Waals surface area contributed by atoms with E-state index >= 15 is 0 Å². The third-order valence-electron chi connectivity index (χ3n) is 4.21. The number of hydrogen-bond donors (Lipinski definition) is 2. The van der Waals surface area contributed by atoms with Crippen LogP contribution >= 0.6 is 11.3 Å². The second kappa shape index (κ2) is 6.56. The Morgan fingerprint density at radius 2 is 1.92 bits per heavy atom. The lowest BCUT2D eigenvalue weighted by Crippen LogP contribution is -2.31. The van der Waals surface area contributed by atoms with Gasteiger partial charge in [0, 0.05) is 30.6 Å². The molecule has 0 saturated carbocycles. The van der Waals surface area contributed by atoms with Gasteiger partial charge in [-0.1, -0.05) is 12.1 Å². The van der Waals surface area contributed by atoms with E-state index in [9.17, 15) is 14.4 Å². The van der Waals surface area contributed by atoms with Crippen LogP contribution in [0.5, 0.6) is 0 Å². The second-order valence-electron chi connectivity index (χ2n) is 5.80. The zero-order chi connectivity index (χ0) is 18.1. The van der Waals surface area contributed by atoms with Crippen molar-refractivity contribution in [3.8, 4) is 0 Å². The molecule has 1 saturated heterocycles. The summed E-state index contributed by atoms with van der Waals surface area (Å²) in [6.45, 7) is 3.19. The summed E-state index contributed by atoms with van der Waals surface area (Å²) in [7, 11) is 0. The molecule has 1 aromatic heterocycles. The van der Waals surface area contributed by atoms with Gasteiger partial charge in [-0.3, -0.25) is 9.69 Å². The van der Waals surface area contributed by atoms with Crippen LogP contribution in [0.15, 0.2) is 29.6 Å². The maximum absolute atomic E-state index is 12.7. The van der Waals surface area contributed by atoms with Crippen LogP contribution in [0.2, 0.25) is 0 Å². The molecular weight excluding hydrogens is 342 g/mol. The van der Waals surface area contributed by atoms with Crippen molar-refractivity contribution in [2.45, 2.75) is 13.5 Å². The smallest absolute Gasteiger partial charge is 0.346 e. The van der Waals surface area contributed by atoms with Gasteiger partial charge in [0.15, 0.2) is 0 Å². The van der Waals surface area contributed by atoms with Crippen molar-refractivity contribution < 1.29 is 19.5 Å². The van der Waals surface area contributed by atoms with Gasteiger partial charge in [-0.15, -0.1) is 11.3 Å². The number of thiophene rings is 1. The Labute approximate surface area is 148 Å². The largest absolute Gasteiger partial charge is 0.477 e. The number of hydrogen-bond acceptors (Lipinski definition) is 4. The number of benzene rings is 1. The minimum atomic E-state index is -0.980. The van der Waals surface area contributed by atoms with Gasteiger partial charge in [0.25, 0.3) is 0 Å². The number of rotatable bonds is 5. The molecule has 1 aromatic carbocycles. The van der Waals surface area contributed by atoms with Crippen LogP contribution in [0.4, 0.5) is 10.5 Å². The Morgan fingerprint density at radius 1 is 1.24 bits per heavy atom. The van der Waals surface area contributed by atoms with Crippen molar-refractivity contribution in [3.63, 3.8) is 0 Å². The SMILES string of the molecule is Cc1c(N2CCN(Cc3ccc(C(N)=O)cc3)C2=O)csc1C(=O)O. The van der Waals surface area contributed by atoms with Crippen molar-refractivity contribution in [2.24, 2.45) is 5.73 Å². The van der Waals surface area contributed by atoms with Crippen LogP contribution in [-0.4, -0.2) is 41.0 Å². The summed E-state index contributed by atoms with van der Waals surface area (Å²) < 4.78 is 0. The molecule has 7 nitrogen and oxygen atoms in total. The lowest BCUT2D eigenvalue weighted by Gasteiger charge is -2.19. The van der Waals surface area contributed by atoms with Gasteiger partial charge in [0.05, 0.1) is 5.69 Å². The Hall–Kier alpha value is -2.87. The molecule has 0 atom stereocenters. The minimum absolute atomic E-state index is 0.156. The highest BCUT2D eigenvalue weighted by Gasteiger charge is 2.32. The van der Waals surface area contributed by atoms with Crippen molar-refractivity contribution in [1.82, 2.24) is 4.90 Å². The number of carbonyl (C=O) groups excluding carboxylic acids is 2. The minimum Gasteiger partial charge on any atom is -0.477 e.